The Morgan fingerprint density at radius 3 is 1.92 bits per heavy atom. The van der Waals surface area contributed by atoms with Gasteiger partial charge in [0.2, 0.25) is 18.2 Å². The van der Waals surface area contributed by atoms with Crippen molar-refractivity contribution in [1.29, 1.82) is 0 Å². The molecule has 0 aromatic carbocycles. The van der Waals surface area contributed by atoms with Crippen LogP contribution in [0.25, 0.3) is 0 Å². The Hall–Kier alpha value is -1.86. The topological polar surface area (TPSA) is 88.3 Å². The second kappa shape index (κ2) is 10.3. The summed E-state index contributed by atoms with van der Waals surface area (Å²) in [6.45, 7) is 1.21. The minimum atomic E-state index is -0.286. The Morgan fingerprint density at radius 2 is 1.27 bits per heavy atom. The standard InChI is InChI=1S/C20H29N3O3/c24-15-21-12-18-8-4-3-7-11-20(18,14-23-17-26)19(13-22-16-25)9-5-1-2-6-10-19/h18H,1-14H2. The van der Waals surface area contributed by atoms with Gasteiger partial charge in [-0.2, -0.15) is 0 Å². The third-order valence-corrected chi connectivity index (χ3v) is 6.82. The van der Waals surface area contributed by atoms with Gasteiger partial charge in [0.25, 0.3) is 0 Å². The number of hydrogen-bond donors (Lipinski definition) is 0. The fraction of sp³-hybridized carbons (Fsp3) is 0.850. The maximum absolute atomic E-state index is 11.0. The van der Waals surface area contributed by atoms with Crippen LogP contribution in [0, 0.1) is 16.7 Å². The fourth-order valence-electron chi connectivity index (χ4n) is 5.55. The number of aliphatic imine (C=N–C) groups is 3. The van der Waals surface area contributed by atoms with E-state index in [4.69, 9.17) is 0 Å². The van der Waals surface area contributed by atoms with Gasteiger partial charge in [-0.25, -0.2) is 29.4 Å². The van der Waals surface area contributed by atoms with E-state index >= 15 is 0 Å². The number of nitrogens with zero attached hydrogens (tertiary/aromatic N) is 3. The molecule has 142 valence electrons. The van der Waals surface area contributed by atoms with Crippen LogP contribution < -0.4 is 0 Å². The van der Waals surface area contributed by atoms with Crippen LogP contribution in [0.1, 0.15) is 70.6 Å². The minimum absolute atomic E-state index is 0.142. The third-order valence-electron chi connectivity index (χ3n) is 6.82. The molecule has 6 nitrogen and oxygen atoms in total. The van der Waals surface area contributed by atoms with Crippen LogP contribution in [0.15, 0.2) is 15.0 Å². The molecule has 0 heterocycles. The summed E-state index contributed by atoms with van der Waals surface area (Å²) in [6, 6.07) is 0. The molecule has 0 spiro atoms. The van der Waals surface area contributed by atoms with Gasteiger partial charge in [0.1, 0.15) is 0 Å². The molecule has 2 aliphatic carbocycles. The van der Waals surface area contributed by atoms with E-state index < -0.39 is 0 Å². The van der Waals surface area contributed by atoms with Crippen LogP contribution in [-0.4, -0.2) is 37.9 Å². The van der Waals surface area contributed by atoms with Crippen molar-refractivity contribution in [2.24, 2.45) is 31.7 Å². The highest BCUT2D eigenvalue weighted by Crippen LogP contribution is 2.58. The molecule has 0 saturated heterocycles. The van der Waals surface area contributed by atoms with Gasteiger partial charge in [-0.05, 0) is 37.0 Å². The van der Waals surface area contributed by atoms with Crippen molar-refractivity contribution in [2.45, 2.75) is 70.6 Å². The maximum Gasteiger partial charge on any atom is 0.234 e. The summed E-state index contributed by atoms with van der Waals surface area (Å²) in [5, 5.41) is 0. The first-order chi connectivity index (χ1) is 12.7. The van der Waals surface area contributed by atoms with Gasteiger partial charge in [0.05, 0.1) is 19.6 Å². The Bertz CT molecular complexity index is 593. The second-order valence-corrected chi connectivity index (χ2v) is 7.89. The Morgan fingerprint density at radius 1 is 0.692 bits per heavy atom. The quantitative estimate of drug-likeness (QED) is 0.392. The van der Waals surface area contributed by atoms with E-state index in [-0.39, 0.29) is 16.7 Å². The van der Waals surface area contributed by atoms with Crippen molar-refractivity contribution < 1.29 is 14.4 Å². The first-order valence-electron chi connectivity index (χ1n) is 9.85. The smallest absolute Gasteiger partial charge is 0.211 e. The lowest BCUT2D eigenvalue weighted by molar-refractivity contribution is -0.0267. The van der Waals surface area contributed by atoms with Gasteiger partial charge >= 0.3 is 0 Å². The summed E-state index contributed by atoms with van der Waals surface area (Å²) in [5.74, 6) is 0.142. The highest BCUT2D eigenvalue weighted by Gasteiger charge is 2.54. The number of rotatable bonds is 7. The lowest BCUT2D eigenvalue weighted by Gasteiger charge is -2.53. The largest absolute Gasteiger partial charge is 0.234 e. The zero-order chi connectivity index (χ0) is 18.7. The Kier molecular flexibility index (Phi) is 8.12. The van der Waals surface area contributed by atoms with Crippen molar-refractivity contribution in [3.8, 4) is 0 Å². The average Bonchev–Trinajstić information content (AvgIpc) is 3.03. The zero-order valence-corrected chi connectivity index (χ0v) is 15.5. The van der Waals surface area contributed by atoms with Crippen molar-refractivity contribution in [3.63, 3.8) is 0 Å². The molecule has 2 atom stereocenters. The first-order valence-corrected chi connectivity index (χ1v) is 9.85. The third kappa shape index (κ3) is 4.45. The summed E-state index contributed by atoms with van der Waals surface area (Å²) in [6.07, 6.45) is 16.7. The van der Waals surface area contributed by atoms with Crippen molar-refractivity contribution in [3.05, 3.63) is 0 Å². The van der Waals surface area contributed by atoms with Crippen LogP contribution in [0.3, 0.4) is 0 Å². The molecule has 6 heteroatoms. The molecule has 0 aliphatic heterocycles. The molecule has 26 heavy (non-hydrogen) atoms. The van der Waals surface area contributed by atoms with Gasteiger partial charge in [0.15, 0.2) is 0 Å². The highest BCUT2D eigenvalue weighted by atomic mass is 16.1. The van der Waals surface area contributed by atoms with Gasteiger partial charge in [-0.15, -0.1) is 0 Å². The van der Waals surface area contributed by atoms with Crippen LogP contribution in [0.5, 0.6) is 0 Å². The SMILES string of the molecule is O=C=NCC1CCCCCC1(CN=C=O)C1(CN=C=O)CCCCCC1. The first kappa shape index (κ1) is 20.5. The number of hydrogen-bond acceptors (Lipinski definition) is 6. The van der Waals surface area contributed by atoms with Crippen molar-refractivity contribution >= 4 is 18.2 Å². The normalized spacial score (nSPS) is 28.4. The highest BCUT2D eigenvalue weighted by molar-refractivity contribution is 5.35. The minimum Gasteiger partial charge on any atom is -0.211 e. The van der Waals surface area contributed by atoms with Crippen LogP contribution >= 0.6 is 0 Å². The molecule has 0 amide bonds. The summed E-state index contributed by atoms with van der Waals surface area (Å²) in [5.41, 5.74) is -0.485. The Labute approximate surface area is 155 Å². The molecule has 2 unspecified atom stereocenters. The van der Waals surface area contributed by atoms with E-state index in [9.17, 15) is 14.4 Å². The number of carbonyl (C=O) groups excluding carboxylic acids is 3. The summed E-state index contributed by atoms with van der Waals surface area (Å²) >= 11 is 0. The second-order valence-electron chi connectivity index (χ2n) is 7.89. The van der Waals surface area contributed by atoms with E-state index in [1.165, 1.54) is 12.8 Å². The van der Waals surface area contributed by atoms with Gasteiger partial charge in [0, 0.05) is 5.41 Å². The van der Waals surface area contributed by atoms with Crippen molar-refractivity contribution in [2.75, 3.05) is 19.6 Å². The van der Waals surface area contributed by atoms with Crippen LogP contribution in [0.4, 0.5) is 0 Å². The number of isocyanates is 3. The van der Waals surface area contributed by atoms with Gasteiger partial charge < -0.3 is 0 Å². The molecule has 2 aliphatic rings. The molecular weight excluding hydrogens is 330 g/mol. The van der Waals surface area contributed by atoms with Gasteiger partial charge in [-0.3, -0.25) is 0 Å². The van der Waals surface area contributed by atoms with E-state index in [0.717, 1.165) is 57.8 Å². The van der Waals surface area contributed by atoms with E-state index in [1.54, 1.807) is 18.2 Å². The van der Waals surface area contributed by atoms with E-state index in [2.05, 4.69) is 15.0 Å². The molecule has 2 rings (SSSR count). The van der Waals surface area contributed by atoms with Crippen LogP contribution in [0.2, 0.25) is 0 Å². The molecule has 0 aromatic rings. The van der Waals surface area contributed by atoms with Crippen LogP contribution in [-0.2, 0) is 14.4 Å². The molecular formula is C20H29N3O3. The molecule has 0 radical (unpaired) electrons. The lowest BCUT2D eigenvalue weighted by Crippen LogP contribution is -2.52. The Balaban J connectivity index is 2.57. The van der Waals surface area contributed by atoms with Crippen molar-refractivity contribution in [1.82, 2.24) is 0 Å². The van der Waals surface area contributed by atoms with E-state index in [1.807, 2.05) is 0 Å². The summed E-state index contributed by atoms with van der Waals surface area (Å²) in [4.78, 5) is 44.7. The van der Waals surface area contributed by atoms with E-state index in [0.29, 0.717) is 19.6 Å². The molecule has 2 fully saturated rings. The average molecular weight is 359 g/mol. The lowest BCUT2D eigenvalue weighted by atomic mass is 9.52. The molecule has 0 aromatic heterocycles. The predicted molar refractivity (Wildman–Crippen MR) is 98.1 cm³/mol. The molecule has 0 N–H and O–H groups in total. The molecule has 2 saturated carbocycles. The monoisotopic (exact) mass is 359 g/mol. The van der Waals surface area contributed by atoms with Gasteiger partial charge in [-0.1, -0.05) is 44.9 Å². The predicted octanol–water partition coefficient (Wildman–Crippen LogP) is 3.90. The molecule has 0 bridgehead atoms. The summed E-state index contributed by atoms with van der Waals surface area (Å²) < 4.78 is 0. The summed E-state index contributed by atoms with van der Waals surface area (Å²) in [7, 11) is 0. The zero-order valence-electron chi connectivity index (χ0n) is 15.5. The maximum atomic E-state index is 11.0. The fourth-order valence-corrected chi connectivity index (χ4v) is 5.55.